The lowest BCUT2D eigenvalue weighted by molar-refractivity contribution is 0.0679. The number of benzene rings is 1. The van der Waals surface area contributed by atoms with E-state index in [1.54, 1.807) is 28.1 Å². The van der Waals surface area contributed by atoms with Crippen molar-refractivity contribution in [3.05, 3.63) is 77.3 Å². The van der Waals surface area contributed by atoms with Crippen molar-refractivity contribution in [2.45, 2.75) is 25.2 Å². The zero-order valence-corrected chi connectivity index (χ0v) is 18.2. The molecular formula is C23H24N6OS. The van der Waals surface area contributed by atoms with Crippen LogP contribution in [0.3, 0.4) is 0 Å². The van der Waals surface area contributed by atoms with Gasteiger partial charge in [0, 0.05) is 49.0 Å². The van der Waals surface area contributed by atoms with Crippen molar-refractivity contribution in [3.63, 3.8) is 0 Å². The maximum atomic E-state index is 13.1. The number of nitrogens with zero attached hydrogens (tertiary/aromatic N) is 5. The van der Waals surface area contributed by atoms with Crippen LogP contribution < -0.4 is 5.32 Å². The van der Waals surface area contributed by atoms with Gasteiger partial charge in [-0.25, -0.2) is 15.0 Å². The van der Waals surface area contributed by atoms with E-state index >= 15 is 0 Å². The average Bonchev–Trinajstić information content (AvgIpc) is 3.47. The summed E-state index contributed by atoms with van der Waals surface area (Å²) in [5.74, 6) is 0.499. The van der Waals surface area contributed by atoms with E-state index in [9.17, 15) is 4.79 Å². The fraction of sp³-hybridized carbons (Fsp3) is 0.304. The molecule has 1 saturated heterocycles. The Morgan fingerprint density at radius 1 is 1.16 bits per heavy atom. The summed E-state index contributed by atoms with van der Waals surface area (Å²) in [6, 6.07) is 12.4. The third-order valence-corrected chi connectivity index (χ3v) is 6.81. The number of hydrogen-bond acceptors (Lipinski definition) is 6. The highest BCUT2D eigenvalue weighted by molar-refractivity contribution is 7.13. The fourth-order valence-corrected chi connectivity index (χ4v) is 5.24. The smallest absolute Gasteiger partial charge is 0.274 e. The monoisotopic (exact) mass is 432 g/mol. The van der Waals surface area contributed by atoms with Gasteiger partial charge in [0.2, 0.25) is 5.78 Å². The summed E-state index contributed by atoms with van der Waals surface area (Å²) in [5, 5.41) is 6.43. The van der Waals surface area contributed by atoms with Crippen LogP contribution in [0.1, 0.15) is 41.5 Å². The molecule has 1 aliphatic rings. The number of rotatable bonds is 5. The van der Waals surface area contributed by atoms with Crippen molar-refractivity contribution in [1.82, 2.24) is 24.3 Å². The molecular weight excluding hydrogens is 408 g/mol. The molecule has 0 spiro atoms. The molecule has 8 heteroatoms. The molecule has 31 heavy (non-hydrogen) atoms. The molecule has 0 unspecified atom stereocenters. The Bertz CT molecular complexity index is 1160. The van der Waals surface area contributed by atoms with Gasteiger partial charge in [-0.15, -0.1) is 11.3 Å². The quantitative estimate of drug-likeness (QED) is 0.519. The van der Waals surface area contributed by atoms with Crippen LogP contribution in [-0.2, 0) is 5.41 Å². The molecule has 0 aliphatic carbocycles. The lowest BCUT2D eigenvalue weighted by Gasteiger charge is -2.41. The summed E-state index contributed by atoms with van der Waals surface area (Å²) in [7, 11) is 0. The highest BCUT2D eigenvalue weighted by atomic mass is 32.1. The SMILES string of the molecule is CCNc1nc(C2(c3ccccc3)CCN(C(=O)c3cn4cccnc4n3)CC2)cs1. The Balaban J connectivity index is 1.41. The van der Waals surface area contributed by atoms with Crippen molar-refractivity contribution in [3.8, 4) is 0 Å². The molecule has 0 bridgehead atoms. The number of thiazole rings is 1. The lowest BCUT2D eigenvalue weighted by Crippen LogP contribution is -2.46. The van der Waals surface area contributed by atoms with Gasteiger partial charge in [0.25, 0.3) is 5.91 Å². The predicted octanol–water partition coefficient (Wildman–Crippen LogP) is 3.84. The minimum absolute atomic E-state index is 0.0428. The number of imidazole rings is 1. The number of carbonyl (C=O) groups excluding carboxylic acids is 1. The highest BCUT2D eigenvalue weighted by Gasteiger charge is 2.41. The Hall–Kier alpha value is -3.26. The molecule has 0 atom stereocenters. The normalized spacial score (nSPS) is 15.8. The Labute approximate surface area is 184 Å². The minimum Gasteiger partial charge on any atom is -0.362 e. The van der Waals surface area contributed by atoms with E-state index in [0.29, 0.717) is 24.6 Å². The minimum atomic E-state index is -0.192. The molecule has 1 fully saturated rings. The molecule has 5 rings (SSSR count). The summed E-state index contributed by atoms with van der Waals surface area (Å²) in [6.07, 6.45) is 6.94. The Morgan fingerprint density at radius 3 is 2.71 bits per heavy atom. The van der Waals surface area contributed by atoms with Gasteiger partial charge in [-0.1, -0.05) is 30.3 Å². The van der Waals surface area contributed by atoms with Crippen LogP contribution in [0.4, 0.5) is 5.13 Å². The zero-order chi connectivity index (χ0) is 21.3. The van der Waals surface area contributed by atoms with Crippen molar-refractivity contribution < 1.29 is 4.79 Å². The van der Waals surface area contributed by atoms with Crippen LogP contribution in [0, 0.1) is 0 Å². The molecule has 0 saturated carbocycles. The molecule has 0 radical (unpaired) electrons. The second-order valence-corrected chi connectivity index (χ2v) is 8.62. The third kappa shape index (κ3) is 3.57. The second-order valence-electron chi connectivity index (χ2n) is 7.76. The van der Waals surface area contributed by atoms with Crippen molar-refractivity contribution in [2.75, 3.05) is 25.0 Å². The van der Waals surface area contributed by atoms with Gasteiger partial charge >= 0.3 is 0 Å². The molecule has 4 heterocycles. The first kappa shape index (κ1) is 19.7. The van der Waals surface area contributed by atoms with E-state index in [4.69, 9.17) is 4.98 Å². The van der Waals surface area contributed by atoms with Crippen LogP contribution in [0.15, 0.2) is 60.4 Å². The largest absolute Gasteiger partial charge is 0.362 e. The molecule has 158 valence electrons. The first-order valence-electron chi connectivity index (χ1n) is 10.5. The van der Waals surface area contributed by atoms with Gasteiger partial charge in [0.15, 0.2) is 5.13 Å². The van der Waals surface area contributed by atoms with Crippen molar-refractivity contribution >= 4 is 28.2 Å². The van der Waals surface area contributed by atoms with Gasteiger partial charge in [0.05, 0.1) is 5.69 Å². The Morgan fingerprint density at radius 2 is 1.97 bits per heavy atom. The maximum absolute atomic E-state index is 13.1. The number of carbonyl (C=O) groups is 1. The average molecular weight is 433 g/mol. The summed E-state index contributed by atoms with van der Waals surface area (Å²) in [6.45, 7) is 4.24. The van der Waals surface area contributed by atoms with Gasteiger partial charge in [-0.3, -0.25) is 9.20 Å². The van der Waals surface area contributed by atoms with E-state index in [-0.39, 0.29) is 11.3 Å². The molecule has 3 aromatic heterocycles. The van der Waals surface area contributed by atoms with Crippen LogP contribution in [0.25, 0.3) is 5.78 Å². The second kappa shape index (κ2) is 8.11. The van der Waals surface area contributed by atoms with Crippen LogP contribution in [-0.4, -0.2) is 49.8 Å². The third-order valence-electron chi connectivity index (χ3n) is 6.01. The number of likely N-dealkylation sites (tertiary alicyclic amines) is 1. The van der Waals surface area contributed by atoms with E-state index in [2.05, 4.69) is 51.9 Å². The molecule has 4 aromatic rings. The van der Waals surface area contributed by atoms with Gasteiger partial charge in [0.1, 0.15) is 5.69 Å². The van der Waals surface area contributed by atoms with Gasteiger partial charge in [-0.05, 0) is 31.4 Å². The van der Waals surface area contributed by atoms with Gasteiger partial charge in [-0.2, -0.15) is 0 Å². The molecule has 7 nitrogen and oxygen atoms in total. The van der Waals surface area contributed by atoms with Crippen LogP contribution in [0.2, 0.25) is 0 Å². The summed E-state index contributed by atoms with van der Waals surface area (Å²) < 4.78 is 1.78. The molecule has 1 aliphatic heterocycles. The lowest BCUT2D eigenvalue weighted by atomic mass is 9.70. The standard InChI is InChI=1S/C23H24N6OS/c1-2-24-22-27-19(16-31-22)23(17-7-4-3-5-8-17)9-13-28(14-10-23)20(30)18-15-29-12-6-11-25-21(29)26-18/h3-8,11-12,15-16H,2,9-10,13-14H2,1H3,(H,24,27). The number of nitrogens with one attached hydrogen (secondary N) is 1. The number of hydrogen-bond donors (Lipinski definition) is 1. The zero-order valence-electron chi connectivity index (χ0n) is 17.4. The van der Waals surface area contributed by atoms with E-state index in [1.807, 2.05) is 23.2 Å². The van der Waals surface area contributed by atoms with Crippen LogP contribution >= 0.6 is 11.3 Å². The fourth-order valence-electron chi connectivity index (χ4n) is 4.36. The first-order chi connectivity index (χ1) is 15.2. The summed E-state index contributed by atoms with van der Waals surface area (Å²) in [4.78, 5) is 28.6. The number of fused-ring (bicyclic) bond motifs is 1. The number of piperidine rings is 1. The topological polar surface area (TPSA) is 75.4 Å². The molecule has 1 aromatic carbocycles. The maximum Gasteiger partial charge on any atom is 0.274 e. The van der Waals surface area contributed by atoms with E-state index in [0.717, 1.165) is 30.2 Å². The summed E-state index contributed by atoms with van der Waals surface area (Å²) >= 11 is 1.64. The van der Waals surface area contributed by atoms with Gasteiger partial charge < -0.3 is 10.2 Å². The van der Waals surface area contributed by atoms with Crippen molar-refractivity contribution in [2.24, 2.45) is 0 Å². The highest BCUT2D eigenvalue weighted by Crippen LogP contribution is 2.42. The van der Waals surface area contributed by atoms with Crippen LogP contribution in [0.5, 0.6) is 0 Å². The van der Waals surface area contributed by atoms with E-state index < -0.39 is 0 Å². The van der Waals surface area contributed by atoms with E-state index in [1.165, 1.54) is 5.56 Å². The Kier molecular flexibility index (Phi) is 5.15. The number of anilines is 1. The van der Waals surface area contributed by atoms with Crippen molar-refractivity contribution in [1.29, 1.82) is 0 Å². The molecule has 1 amide bonds. The predicted molar refractivity (Wildman–Crippen MR) is 122 cm³/mol. The first-order valence-corrected chi connectivity index (χ1v) is 11.4. The summed E-state index contributed by atoms with van der Waals surface area (Å²) in [5.41, 5.74) is 2.59. The number of amides is 1. The molecule has 1 N–H and O–H groups in total. The number of aromatic nitrogens is 4.